The number of hydrogen-bond acceptors (Lipinski definition) is 5. The molecule has 0 radical (unpaired) electrons. The molecule has 0 heterocycles. The largest absolute Gasteiger partial charge is 0.478 e. The summed E-state index contributed by atoms with van der Waals surface area (Å²) < 4.78 is 27.4. The molecule has 9 heteroatoms. The van der Waals surface area contributed by atoms with Crippen LogP contribution in [0.4, 0.5) is 5.69 Å². The molecule has 0 fully saturated rings. The molecule has 3 N–H and O–H groups in total. The molecule has 2 rings (SSSR count). The summed E-state index contributed by atoms with van der Waals surface area (Å²) in [5.41, 5.74) is 0.256. The maximum atomic E-state index is 12.6. The molecular weight excluding hydrogens is 360 g/mol. The fourth-order valence-electron chi connectivity index (χ4n) is 2.48. The van der Waals surface area contributed by atoms with Gasteiger partial charge in [0.05, 0.1) is 10.5 Å². The van der Waals surface area contributed by atoms with Crippen molar-refractivity contribution in [2.75, 3.05) is 25.5 Å². The van der Waals surface area contributed by atoms with Gasteiger partial charge in [-0.2, -0.15) is 0 Å². The van der Waals surface area contributed by atoms with E-state index in [1.165, 1.54) is 6.07 Å². The molecule has 2 aromatic carbocycles. The summed E-state index contributed by atoms with van der Waals surface area (Å²) in [7, 11) is -0.385. The van der Waals surface area contributed by atoms with E-state index in [1.54, 1.807) is 24.3 Å². The Hall–Kier alpha value is -2.91. The second-order valence-corrected chi connectivity index (χ2v) is 7.40. The summed E-state index contributed by atoms with van der Waals surface area (Å²) in [6, 6.07) is 10.0. The summed E-state index contributed by atoms with van der Waals surface area (Å²) in [4.78, 5) is 23.5. The van der Waals surface area contributed by atoms with E-state index in [-0.39, 0.29) is 4.90 Å². The van der Waals surface area contributed by atoms with Gasteiger partial charge in [-0.25, -0.2) is 22.7 Å². The van der Waals surface area contributed by atoms with Gasteiger partial charge in [0.15, 0.2) is 0 Å². The Morgan fingerprint density at radius 3 is 2.27 bits per heavy atom. The maximum Gasteiger partial charge on any atom is 0.333 e. The topological polar surface area (TPSA) is 124 Å². The number of nitrogens with zero attached hydrogens (tertiary/aromatic N) is 1. The van der Waals surface area contributed by atoms with E-state index in [2.05, 4.69) is 4.72 Å². The first-order valence-electron chi connectivity index (χ1n) is 7.49. The molecule has 0 atom stereocenters. The summed E-state index contributed by atoms with van der Waals surface area (Å²) in [6.45, 7) is -0.645. The Bertz CT molecular complexity index is 995. The van der Waals surface area contributed by atoms with Crippen LogP contribution in [0.2, 0.25) is 0 Å². The van der Waals surface area contributed by atoms with Crippen molar-refractivity contribution in [2.24, 2.45) is 0 Å². The van der Waals surface area contributed by atoms with Crippen molar-refractivity contribution < 1.29 is 28.2 Å². The Labute approximate surface area is 150 Å². The zero-order valence-corrected chi connectivity index (χ0v) is 14.9. The van der Waals surface area contributed by atoms with Crippen molar-refractivity contribution in [2.45, 2.75) is 4.90 Å². The number of fused-ring (bicyclic) bond motifs is 1. The molecule has 0 saturated heterocycles. The number of carbonyl (C=O) groups is 2. The molecule has 0 amide bonds. The predicted octanol–water partition coefficient (Wildman–Crippen LogP) is 1.28. The number of rotatable bonds is 7. The van der Waals surface area contributed by atoms with E-state index in [1.807, 2.05) is 25.1 Å². The lowest BCUT2D eigenvalue weighted by atomic mass is 10.1. The van der Waals surface area contributed by atoms with Crippen LogP contribution in [0.25, 0.3) is 10.8 Å². The average Bonchev–Trinajstić information content (AvgIpc) is 2.56. The number of carboxylic acids is 2. The fraction of sp³-hybridized carbons (Fsp3) is 0.176. The Kier molecular flexibility index (Phi) is 5.63. The van der Waals surface area contributed by atoms with E-state index in [4.69, 9.17) is 10.2 Å². The van der Waals surface area contributed by atoms with Gasteiger partial charge in [-0.1, -0.05) is 24.3 Å². The number of nitrogens with one attached hydrogen (secondary N) is 1. The predicted molar refractivity (Wildman–Crippen MR) is 96.8 cm³/mol. The van der Waals surface area contributed by atoms with Gasteiger partial charge in [-0.3, -0.25) is 0 Å². The summed E-state index contributed by atoms with van der Waals surface area (Å²) in [6.07, 6.45) is 0.456. The number of anilines is 1. The second kappa shape index (κ2) is 7.54. The zero-order valence-electron chi connectivity index (χ0n) is 14.1. The van der Waals surface area contributed by atoms with Gasteiger partial charge < -0.3 is 15.1 Å². The third kappa shape index (κ3) is 4.19. The molecule has 26 heavy (non-hydrogen) atoms. The van der Waals surface area contributed by atoms with Gasteiger partial charge in [-0.05, 0) is 12.1 Å². The average molecular weight is 378 g/mol. The quantitative estimate of drug-likeness (QED) is 0.620. The van der Waals surface area contributed by atoms with Crippen molar-refractivity contribution in [3.8, 4) is 0 Å². The third-order valence-corrected chi connectivity index (χ3v) is 5.11. The molecule has 0 unspecified atom stereocenters. The van der Waals surface area contributed by atoms with Crippen LogP contribution in [0.5, 0.6) is 0 Å². The van der Waals surface area contributed by atoms with Crippen molar-refractivity contribution in [1.82, 2.24) is 4.72 Å². The molecule has 138 valence electrons. The molecule has 0 aliphatic carbocycles. The summed E-state index contributed by atoms with van der Waals surface area (Å²) in [5, 5.41) is 18.9. The normalized spacial score (nSPS) is 12.2. The van der Waals surface area contributed by atoms with Crippen LogP contribution in [0.15, 0.2) is 52.9 Å². The van der Waals surface area contributed by atoms with E-state index < -0.39 is 34.1 Å². The first kappa shape index (κ1) is 19.4. The number of hydrogen-bond donors (Lipinski definition) is 3. The highest BCUT2D eigenvalue weighted by atomic mass is 32.2. The Morgan fingerprint density at radius 2 is 1.69 bits per heavy atom. The Balaban J connectivity index is 2.45. The van der Waals surface area contributed by atoms with Crippen LogP contribution in [-0.2, 0) is 19.6 Å². The minimum absolute atomic E-state index is 0.0150. The number of aliphatic carboxylic acids is 2. The molecule has 2 aromatic rings. The highest BCUT2D eigenvalue weighted by Gasteiger charge is 2.20. The molecular formula is C17H18N2O6S. The second-order valence-electron chi connectivity index (χ2n) is 5.66. The van der Waals surface area contributed by atoms with E-state index in [0.717, 1.165) is 11.1 Å². The first-order chi connectivity index (χ1) is 12.1. The Morgan fingerprint density at radius 1 is 1.08 bits per heavy atom. The monoisotopic (exact) mass is 378 g/mol. The zero-order chi connectivity index (χ0) is 19.5. The molecule has 0 aromatic heterocycles. The maximum absolute atomic E-state index is 12.6. The molecule has 8 nitrogen and oxygen atoms in total. The van der Waals surface area contributed by atoms with Crippen LogP contribution in [0, 0.1) is 0 Å². The van der Waals surface area contributed by atoms with Gasteiger partial charge in [0.1, 0.15) is 0 Å². The number of sulfonamides is 1. The molecule has 0 aliphatic heterocycles. The van der Waals surface area contributed by atoms with Crippen LogP contribution < -0.4 is 9.62 Å². The van der Waals surface area contributed by atoms with Crippen molar-refractivity contribution in [3.63, 3.8) is 0 Å². The lowest BCUT2D eigenvalue weighted by Gasteiger charge is -2.17. The molecule has 0 spiro atoms. The van der Waals surface area contributed by atoms with Gasteiger partial charge in [0.25, 0.3) is 0 Å². The summed E-state index contributed by atoms with van der Waals surface area (Å²) in [5.74, 6) is -2.98. The molecule has 0 bridgehead atoms. The van der Waals surface area contributed by atoms with Gasteiger partial charge in [0, 0.05) is 43.2 Å². The standard InChI is InChI=1S/C17H18N2O6S/c1-19(2)14-7-3-6-13-12(14)5-4-8-15(13)26(24,25)18-10-11(17(22)23)9-16(20)21/h3-9,18H,10H2,1-2H3,(H,20,21)(H,22,23)/b11-9-. The number of carboxylic acid groups (broad SMARTS) is 2. The van der Waals surface area contributed by atoms with Crippen LogP contribution >= 0.6 is 0 Å². The van der Waals surface area contributed by atoms with Crippen LogP contribution in [-0.4, -0.2) is 51.2 Å². The minimum atomic E-state index is -4.06. The fourth-order valence-corrected chi connectivity index (χ4v) is 3.70. The first-order valence-corrected chi connectivity index (χ1v) is 8.97. The minimum Gasteiger partial charge on any atom is -0.478 e. The van der Waals surface area contributed by atoms with Crippen LogP contribution in [0.3, 0.4) is 0 Å². The van der Waals surface area contributed by atoms with Gasteiger partial charge >= 0.3 is 11.9 Å². The van der Waals surface area contributed by atoms with Crippen molar-refractivity contribution >= 4 is 38.4 Å². The highest BCUT2D eigenvalue weighted by Crippen LogP contribution is 2.30. The number of benzene rings is 2. The molecule has 0 aliphatic rings. The smallest absolute Gasteiger partial charge is 0.333 e. The molecule has 0 saturated carbocycles. The van der Waals surface area contributed by atoms with E-state index in [9.17, 15) is 18.0 Å². The third-order valence-electron chi connectivity index (χ3n) is 3.66. The lowest BCUT2D eigenvalue weighted by Crippen LogP contribution is -2.28. The van der Waals surface area contributed by atoms with E-state index >= 15 is 0 Å². The van der Waals surface area contributed by atoms with E-state index in [0.29, 0.717) is 11.5 Å². The highest BCUT2D eigenvalue weighted by molar-refractivity contribution is 7.89. The van der Waals surface area contributed by atoms with Gasteiger partial charge in [-0.15, -0.1) is 0 Å². The van der Waals surface area contributed by atoms with Crippen LogP contribution in [0.1, 0.15) is 0 Å². The lowest BCUT2D eigenvalue weighted by molar-refractivity contribution is -0.135. The van der Waals surface area contributed by atoms with Crippen molar-refractivity contribution in [1.29, 1.82) is 0 Å². The van der Waals surface area contributed by atoms with Gasteiger partial charge in [0.2, 0.25) is 10.0 Å². The summed E-state index contributed by atoms with van der Waals surface area (Å²) >= 11 is 0. The van der Waals surface area contributed by atoms with Crippen molar-refractivity contribution in [3.05, 3.63) is 48.0 Å². The SMILES string of the molecule is CN(C)c1cccc2c(S(=O)(=O)NC/C(=C/C(=O)O)C(=O)O)cccc12.